The summed E-state index contributed by atoms with van der Waals surface area (Å²) in [6, 6.07) is 13.7. The summed E-state index contributed by atoms with van der Waals surface area (Å²) in [6.07, 6.45) is 0.963. The Hall–Kier alpha value is -2.60. The van der Waals surface area contributed by atoms with E-state index in [0.29, 0.717) is 11.7 Å². The summed E-state index contributed by atoms with van der Waals surface area (Å²) >= 11 is 1.38. The SMILES string of the molecule is CCCN1C(=O)[C@H](CC(=O)Nc2ccccc2C)SC1=Nc1cc(C)cc(C)c1. The molecule has 0 radical (unpaired) electrons. The van der Waals surface area contributed by atoms with Crippen molar-refractivity contribution < 1.29 is 9.59 Å². The Morgan fingerprint density at radius 2 is 1.83 bits per heavy atom. The van der Waals surface area contributed by atoms with Crippen LogP contribution in [0.4, 0.5) is 11.4 Å². The molecule has 1 atom stereocenters. The molecule has 2 amide bonds. The fourth-order valence-corrected chi connectivity index (χ4v) is 4.55. The van der Waals surface area contributed by atoms with Crippen molar-refractivity contribution in [1.82, 2.24) is 4.90 Å². The van der Waals surface area contributed by atoms with Crippen LogP contribution in [0.2, 0.25) is 0 Å². The number of carbonyl (C=O) groups excluding carboxylic acids is 2. The van der Waals surface area contributed by atoms with Gasteiger partial charge in [-0.25, -0.2) is 4.99 Å². The lowest BCUT2D eigenvalue weighted by molar-refractivity contribution is -0.128. The Bertz CT molecular complexity index is 935. The average Bonchev–Trinajstić information content (AvgIpc) is 2.92. The van der Waals surface area contributed by atoms with Crippen LogP contribution in [-0.4, -0.2) is 33.7 Å². The van der Waals surface area contributed by atoms with E-state index in [0.717, 1.165) is 34.5 Å². The lowest BCUT2D eigenvalue weighted by atomic mass is 10.1. The number of aliphatic imine (C=N–C) groups is 1. The van der Waals surface area contributed by atoms with Gasteiger partial charge in [-0.05, 0) is 62.1 Å². The van der Waals surface area contributed by atoms with Crippen LogP contribution in [0.3, 0.4) is 0 Å². The molecule has 5 nitrogen and oxygen atoms in total. The zero-order valence-corrected chi connectivity index (χ0v) is 18.2. The first-order valence-corrected chi connectivity index (χ1v) is 10.8. The van der Waals surface area contributed by atoms with Gasteiger partial charge in [0.15, 0.2) is 5.17 Å². The second kappa shape index (κ2) is 9.27. The van der Waals surface area contributed by atoms with Gasteiger partial charge in [0, 0.05) is 18.7 Å². The van der Waals surface area contributed by atoms with Crippen molar-refractivity contribution >= 4 is 40.1 Å². The lowest BCUT2D eigenvalue weighted by Gasteiger charge is -2.15. The number of nitrogens with one attached hydrogen (secondary N) is 1. The van der Waals surface area contributed by atoms with Crippen molar-refractivity contribution in [1.29, 1.82) is 0 Å². The summed E-state index contributed by atoms with van der Waals surface area (Å²) < 4.78 is 0. The van der Waals surface area contributed by atoms with Gasteiger partial charge in [-0.15, -0.1) is 0 Å². The first-order valence-electron chi connectivity index (χ1n) is 9.88. The van der Waals surface area contributed by atoms with Crippen LogP contribution >= 0.6 is 11.8 Å². The van der Waals surface area contributed by atoms with Crippen LogP contribution in [0.25, 0.3) is 0 Å². The minimum atomic E-state index is -0.449. The van der Waals surface area contributed by atoms with Crippen LogP contribution in [0.15, 0.2) is 47.5 Å². The first kappa shape index (κ1) is 21.1. The van der Waals surface area contributed by atoms with Gasteiger partial charge < -0.3 is 5.32 Å². The molecule has 2 aromatic carbocycles. The van der Waals surface area contributed by atoms with Crippen LogP contribution in [0, 0.1) is 20.8 Å². The summed E-state index contributed by atoms with van der Waals surface area (Å²) in [6.45, 7) is 8.65. The molecule has 0 saturated carbocycles. The Kier molecular flexibility index (Phi) is 6.75. The average molecular weight is 410 g/mol. The predicted octanol–water partition coefficient (Wildman–Crippen LogP) is 4.98. The quantitative estimate of drug-likeness (QED) is 0.732. The maximum Gasteiger partial charge on any atom is 0.242 e. The summed E-state index contributed by atoms with van der Waals surface area (Å²) in [5.74, 6) is -0.200. The molecule has 29 heavy (non-hydrogen) atoms. The van der Waals surface area contributed by atoms with E-state index >= 15 is 0 Å². The minimum absolute atomic E-state index is 0.0418. The number of nitrogens with zero attached hydrogens (tertiary/aromatic N) is 2. The molecule has 152 valence electrons. The Labute approximate surface area is 176 Å². The van der Waals surface area contributed by atoms with E-state index in [1.54, 1.807) is 4.90 Å². The molecule has 2 aromatic rings. The predicted molar refractivity (Wildman–Crippen MR) is 121 cm³/mol. The molecule has 0 spiro atoms. The van der Waals surface area contributed by atoms with Crippen LogP contribution in [0.1, 0.15) is 36.5 Å². The Morgan fingerprint density at radius 1 is 1.14 bits per heavy atom. The van der Waals surface area contributed by atoms with Gasteiger partial charge >= 0.3 is 0 Å². The topological polar surface area (TPSA) is 61.8 Å². The van der Waals surface area contributed by atoms with Gasteiger partial charge in [-0.2, -0.15) is 0 Å². The fourth-order valence-electron chi connectivity index (χ4n) is 3.36. The molecule has 1 saturated heterocycles. The zero-order valence-electron chi connectivity index (χ0n) is 17.4. The first-order chi connectivity index (χ1) is 13.9. The van der Waals surface area contributed by atoms with Crippen LogP contribution in [-0.2, 0) is 9.59 Å². The molecule has 1 fully saturated rings. The number of amidine groups is 1. The summed E-state index contributed by atoms with van der Waals surface area (Å²) in [7, 11) is 0. The Balaban J connectivity index is 1.77. The standard InChI is InChI=1S/C23H27N3O2S/c1-5-10-26-22(28)20(14-21(27)25-19-9-7-6-8-17(19)4)29-23(26)24-18-12-15(2)11-16(3)13-18/h6-9,11-13,20H,5,10,14H2,1-4H3,(H,25,27)/t20-/m0/s1. The molecule has 0 aliphatic carbocycles. The second-order valence-corrected chi connectivity index (χ2v) is 8.57. The summed E-state index contributed by atoms with van der Waals surface area (Å²) in [4.78, 5) is 31.9. The van der Waals surface area contributed by atoms with Gasteiger partial charge in [0.25, 0.3) is 0 Å². The number of amides is 2. The third-order valence-corrected chi connectivity index (χ3v) is 5.86. The van der Waals surface area contributed by atoms with Crippen molar-refractivity contribution in [2.75, 3.05) is 11.9 Å². The van der Waals surface area contributed by atoms with Gasteiger partial charge in [0.2, 0.25) is 11.8 Å². The molecule has 1 heterocycles. The van der Waals surface area contributed by atoms with Crippen molar-refractivity contribution in [3.63, 3.8) is 0 Å². The highest BCUT2D eigenvalue weighted by Crippen LogP contribution is 2.32. The highest BCUT2D eigenvalue weighted by molar-refractivity contribution is 8.15. The highest BCUT2D eigenvalue weighted by atomic mass is 32.2. The highest BCUT2D eigenvalue weighted by Gasteiger charge is 2.38. The number of anilines is 1. The van der Waals surface area contributed by atoms with Gasteiger partial charge in [0.1, 0.15) is 5.25 Å². The molecule has 1 aliphatic heterocycles. The molecule has 1 aliphatic rings. The second-order valence-electron chi connectivity index (χ2n) is 7.40. The maximum absolute atomic E-state index is 12.9. The van der Waals surface area contributed by atoms with Gasteiger partial charge in [-0.3, -0.25) is 14.5 Å². The number of hydrogen-bond donors (Lipinski definition) is 1. The molecule has 0 bridgehead atoms. The van der Waals surface area contributed by atoms with E-state index in [1.807, 2.05) is 64.1 Å². The van der Waals surface area contributed by atoms with E-state index in [1.165, 1.54) is 11.8 Å². The zero-order chi connectivity index (χ0) is 21.0. The van der Waals surface area contributed by atoms with E-state index in [4.69, 9.17) is 4.99 Å². The minimum Gasteiger partial charge on any atom is -0.326 e. The number of hydrogen-bond acceptors (Lipinski definition) is 4. The molecule has 6 heteroatoms. The van der Waals surface area contributed by atoms with Crippen LogP contribution in [0.5, 0.6) is 0 Å². The normalized spacial score (nSPS) is 17.8. The van der Waals surface area contributed by atoms with Crippen molar-refractivity contribution in [2.24, 2.45) is 4.99 Å². The summed E-state index contributed by atoms with van der Waals surface area (Å²) in [5.41, 5.74) is 4.88. The fraction of sp³-hybridized carbons (Fsp3) is 0.348. The van der Waals surface area contributed by atoms with E-state index in [9.17, 15) is 9.59 Å². The van der Waals surface area contributed by atoms with E-state index in [2.05, 4.69) is 11.4 Å². The number of para-hydroxylation sites is 1. The maximum atomic E-state index is 12.9. The third-order valence-electron chi connectivity index (χ3n) is 4.69. The van der Waals surface area contributed by atoms with Crippen molar-refractivity contribution in [2.45, 2.75) is 45.8 Å². The van der Waals surface area contributed by atoms with Crippen molar-refractivity contribution in [3.8, 4) is 0 Å². The molecule has 1 N–H and O–H groups in total. The van der Waals surface area contributed by atoms with E-state index in [-0.39, 0.29) is 18.2 Å². The molecular weight excluding hydrogens is 382 g/mol. The molecular formula is C23H27N3O2S. The molecule has 3 rings (SSSR count). The number of benzene rings is 2. The third kappa shape index (κ3) is 5.26. The number of thioether (sulfide) groups is 1. The largest absolute Gasteiger partial charge is 0.326 e. The van der Waals surface area contributed by atoms with Gasteiger partial charge in [0.05, 0.1) is 5.69 Å². The Morgan fingerprint density at radius 3 is 2.48 bits per heavy atom. The molecule has 0 aromatic heterocycles. The monoisotopic (exact) mass is 409 g/mol. The lowest BCUT2D eigenvalue weighted by Crippen LogP contribution is -2.34. The smallest absolute Gasteiger partial charge is 0.242 e. The van der Waals surface area contributed by atoms with Crippen LogP contribution < -0.4 is 5.32 Å². The van der Waals surface area contributed by atoms with E-state index < -0.39 is 5.25 Å². The number of aryl methyl sites for hydroxylation is 3. The summed E-state index contributed by atoms with van der Waals surface area (Å²) in [5, 5.41) is 3.15. The number of rotatable bonds is 6. The molecule has 0 unspecified atom stereocenters. The van der Waals surface area contributed by atoms with Gasteiger partial charge in [-0.1, -0.05) is 43.0 Å². The number of carbonyl (C=O) groups is 2. The van der Waals surface area contributed by atoms with Crippen molar-refractivity contribution in [3.05, 3.63) is 59.2 Å².